The standard InChI is InChI=1S/C13H25N3O/c1-6-17-8-7-16-11(2)14-9-12(16)10-15-13(3,4)5/h9,15H,6-8,10H2,1-5H3. The fraction of sp³-hybridized carbons (Fsp3) is 0.769. The van der Waals surface area contributed by atoms with Crippen LogP contribution in [0.4, 0.5) is 0 Å². The quantitative estimate of drug-likeness (QED) is 0.773. The van der Waals surface area contributed by atoms with Gasteiger partial charge in [0.2, 0.25) is 0 Å². The molecule has 0 amide bonds. The summed E-state index contributed by atoms with van der Waals surface area (Å²) in [7, 11) is 0. The van der Waals surface area contributed by atoms with Crippen LogP contribution in [0.2, 0.25) is 0 Å². The number of ether oxygens (including phenoxy) is 1. The second-order valence-electron chi connectivity index (χ2n) is 5.25. The first-order chi connectivity index (χ1) is 7.94. The van der Waals surface area contributed by atoms with E-state index in [0.717, 1.165) is 32.1 Å². The zero-order valence-electron chi connectivity index (χ0n) is 11.7. The number of imidazole rings is 1. The average Bonchev–Trinajstić information content (AvgIpc) is 2.57. The van der Waals surface area contributed by atoms with Crippen LogP contribution in [0.5, 0.6) is 0 Å². The Kier molecular flexibility index (Phi) is 5.15. The van der Waals surface area contributed by atoms with Crippen LogP contribution in [-0.4, -0.2) is 28.3 Å². The van der Waals surface area contributed by atoms with Gasteiger partial charge in [0, 0.05) is 31.4 Å². The van der Waals surface area contributed by atoms with Crippen LogP contribution in [0.15, 0.2) is 6.20 Å². The van der Waals surface area contributed by atoms with Crippen molar-refractivity contribution < 1.29 is 4.74 Å². The second-order valence-corrected chi connectivity index (χ2v) is 5.25. The molecule has 1 N–H and O–H groups in total. The first-order valence-electron chi connectivity index (χ1n) is 6.28. The van der Waals surface area contributed by atoms with Crippen LogP contribution in [-0.2, 0) is 17.8 Å². The Morgan fingerprint density at radius 1 is 1.41 bits per heavy atom. The number of aromatic nitrogens is 2. The molecular weight excluding hydrogens is 214 g/mol. The van der Waals surface area contributed by atoms with E-state index in [-0.39, 0.29) is 5.54 Å². The van der Waals surface area contributed by atoms with E-state index < -0.39 is 0 Å². The molecule has 1 aromatic heterocycles. The monoisotopic (exact) mass is 239 g/mol. The van der Waals surface area contributed by atoms with Gasteiger partial charge in [-0.25, -0.2) is 4.98 Å². The summed E-state index contributed by atoms with van der Waals surface area (Å²) in [5, 5.41) is 3.48. The summed E-state index contributed by atoms with van der Waals surface area (Å²) in [5.41, 5.74) is 1.35. The molecule has 98 valence electrons. The van der Waals surface area contributed by atoms with E-state index in [1.165, 1.54) is 5.69 Å². The highest BCUT2D eigenvalue weighted by atomic mass is 16.5. The lowest BCUT2D eigenvalue weighted by Gasteiger charge is -2.21. The summed E-state index contributed by atoms with van der Waals surface area (Å²) in [4.78, 5) is 4.36. The Hall–Kier alpha value is -0.870. The molecule has 0 bridgehead atoms. The highest BCUT2D eigenvalue weighted by molar-refractivity contribution is 5.04. The Balaban J connectivity index is 2.59. The van der Waals surface area contributed by atoms with Gasteiger partial charge in [0.25, 0.3) is 0 Å². The largest absolute Gasteiger partial charge is 0.380 e. The van der Waals surface area contributed by atoms with Crippen LogP contribution < -0.4 is 5.32 Å². The zero-order chi connectivity index (χ0) is 12.9. The van der Waals surface area contributed by atoms with Crippen molar-refractivity contribution in [3.63, 3.8) is 0 Å². The van der Waals surface area contributed by atoms with Crippen molar-refractivity contribution in [2.45, 2.75) is 53.2 Å². The van der Waals surface area contributed by atoms with Crippen molar-refractivity contribution in [2.75, 3.05) is 13.2 Å². The van der Waals surface area contributed by atoms with E-state index in [0.29, 0.717) is 0 Å². The molecule has 0 aliphatic heterocycles. The van der Waals surface area contributed by atoms with Crippen LogP contribution in [0, 0.1) is 6.92 Å². The summed E-state index contributed by atoms with van der Waals surface area (Å²) in [5.74, 6) is 1.05. The Labute approximate surface area is 104 Å². The number of hydrogen-bond acceptors (Lipinski definition) is 3. The molecule has 0 aliphatic rings. The highest BCUT2D eigenvalue weighted by Crippen LogP contribution is 2.07. The molecule has 1 aromatic rings. The van der Waals surface area contributed by atoms with Crippen molar-refractivity contribution in [3.8, 4) is 0 Å². The SMILES string of the molecule is CCOCCn1c(CNC(C)(C)C)cnc1C. The van der Waals surface area contributed by atoms with Gasteiger partial charge in [0.1, 0.15) is 5.82 Å². The van der Waals surface area contributed by atoms with Crippen molar-refractivity contribution >= 4 is 0 Å². The van der Waals surface area contributed by atoms with Crippen LogP contribution in [0.1, 0.15) is 39.2 Å². The fourth-order valence-electron chi connectivity index (χ4n) is 1.62. The average molecular weight is 239 g/mol. The Bertz CT molecular complexity index is 339. The molecule has 4 heteroatoms. The van der Waals surface area contributed by atoms with Crippen molar-refractivity contribution in [1.82, 2.24) is 14.9 Å². The number of nitrogens with one attached hydrogen (secondary N) is 1. The molecule has 0 aromatic carbocycles. The molecule has 0 spiro atoms. The molecule has 0 saturated carbocycles. The lowest BCUT2D eigenvalue weighted by molar-refractivity contribution is 0.137. The normalized spacial score (nSPS) is 12.1. The topological polar surface area (TPSA) is 39.1 Å². The van der Waals surface area contributed by atoms with Crippen LogP contribution in [0.3, 0.4) is 0 Å². The lowest BCUT2D eigenvalue weighted by Crippen LogP contribution is -2.35. The minimum Gasteiger partial charge on any atom is -0.380 e. The van der Waals surface area contributed by atoms with Crippen molar-refractivity contribution in [3.05, 3.63) is 17.7 Å². The van der Waals surface area contributed by atoms with E-state index in [1.54, 1.807) is 0 Å². The third-order valence-electron chi connectivity index (χ3n) is 2.60. The van der Waals surface area contributed by atoms with Crippen molar-refractivity contribution in [2.24, 2.45) is 0 Å². The molecule has 1 heterocycles. The van der Waals surface area contributed by atoms with Gasteiger partial charge in [-0.3, -0.25) is 0 Å². The van der Waals surface area contributed by atoms with Gasteiger partial charge in [-0.15, -0.1) is 0 Å². The summed E-state index contributed by atoms with van der Waals surface area (Å²) < 4.78 is 7.61. The second kappa shape index (κ2) is 6.17. The van der Waals surface area contributed by atoms with Gasteiger partial charge in [-0.1, -0.05) is 0 Å². The van der Waals surface area contributed by atoms with Gasteiger partial charge in [-0.2, -0.15) is 0 Å². The van der Waals surface area contributed by atoms with E-state index in [1.807, 2.05) is 20.0 Å². The summed E-state index contributed by atoms with van der Waals surface area (Å²) in [6.45, 7) is 13.8. The summed E-state index contributed by atoms with van der Waals surface area (Å²) in [6.07, 6.45) is 1.94. The van der Waals surface area contributed by atoms with Crippen LogP contribution in [0.25, 0.3) is 0 Å². The summed E-state index contributed by atoms with van der Waals surface area (Å²) >= 11 is 0. The first-order valence-corrected chi connectivity index (χ1v) is 6.28. The molecule has 4 nitrogen and oxygen atoms in total. The van der Waals surface area contributed by atoms with Crippen LogP contribution >= 0.6 is 0 Å². The molecule has 17 heavy (non-hydrogen) atoms. The maximum absolute atomic E-state index is 5.39. The van der Waals surface area contributed by atoms with E-state index in [4.69, 9.17) is 4.74 Å². The Morgan fingerprint density at radius 3 is 2.71 bits per heavy atom. The molecule has 0 saturated heterocycles. The lowest BCUT2D eigenvalue weighted by atomic mass is 10.1. The number of hydrogen-bond donors (Lipinski definition) is 1. The minimum absolute atomic E-state index is 0.128. The van der Waals surface area contributed by atoms with Crippen molar-refractivity contribution in [1.29, 1.82) is 0 Å². The maximum Gasteiger partial charge on any atom is 0.105 e. The van der Waals surface area contributed by atoms with Gasteiger partial charge in [-0.05, 0) is 34.6 Å². The van der Waals surface area contributed by atoms with Gasteiger partial charge in [0.05, 0.1) is 12.3 Å². The van der Waals surface area contributed by atoms with Gasteiger partial charge < -0.3 is 14.6 Å². The number of rotatable bonds is 6. The third kappa shape index (κ3) is 4.88. The molecule has 0 unspecified atom stereocenters. The van der Waals surface area contributed by atoms with Gasteiger partial charge in [0.15, 0.2) is 0 Å². The third-order valence-corrected chi connectivity index (χ3v) is 2.60. The van der Waals surface area contributed by atoms with E-state index >= 15 is 0 Å². The zero-order valence-corrected chi connectivity index (χ0v) is 11.7. The van der Waals surface area contributed by atoms with E-state index in [2.05, 4.69) is 35.6 Å². The minimum atomic E-state index is 0.128. The molecule has 1 rings (SSSR count). The predicted octanol–water partition coefficient (Wildman–Crippen LogP) is 2.12. The summed E-state index contributed by atoms with van der Waals surface area (Å²) in [6, 6.07) is 0. The number of nitrogens with zero attached hydrogens (tertiary/aromatic N) is 2. The first kappa shape index (κ1) is 14.2. The fourth-order valence-corrected chi connectivity index (χ4v) is 1.62. The molecule has 0 radical (unpaired) electrons. The highest BCUT2D eigenvalue weighted by Gasteiger charge is 2.11. The maximum atomic E-state index is 5.39. The smallest absolute Gasteiger partial charge is 0.105 e. The molecular formula is C13H25N3O. The molecule has 0 fully saturated rings. The van der Waals surface area contributed by atoms with Gasteiger partial charge >= 0.3 is 0 Å². The number of aryl methyl sites for hydroxylation is 1. The predicted molar refractivity (Wildman–Crippen MR) is 70.0 cm³/mol. The molecule has 0 aliphatic carbocycles. The Morgan fingerprint density at radius 2 is 2.12 bits per heavy atom. The van der Waals surface area contributed by atoms with E-state index in [9.17, 15) is 0 Å². The molecule has 0 atom stereocenters.